The van der Waals surface area contributed by atoms with E-state index in [1.807, 2.05) is 51.5 Å². The second-order valence-corrected chi connectivity index (χ2v) is 7.16. The van der Waals surface area contributed by atoms with Crippen LogP contribution in [-0.2, 0) is 20.6 Å². The molecule has 3 aromatic rings. The minimum absolute atomic E-state index is 0.245. The number of rotatable bonds is 5. The van der Waals surface area contributed by atoms with Crippen molar-refractivity contribution in [1.29, 1.82) is 0 Å². The van der Waals surface area contributed by atoms with Crippen LogP contribution in [0.1, 0.15) is 12.0 Å². The SMILES string of the molecule is Cc1ccc(-c2c3c(=O)n(C)c(=O)n(C)c3cn2CCCN(C)C)cc1. The number of aryl methyl sites for hydroxylation is 3. The van der Waals surface area contributed by atoms with Crippen molar-refractivity contribution in [3.8, 4) is 11.3 Å². The molecule has 0 radical (unpaired) electrons. The molecule has 1 aromatic carbocycles. The lowest BCUT2D eigenvalue weighted by Crippen LogP contribution is -2.36. The minimum atomic E-state index is -0.302. The monoisotopic (exact) mass is 354 g/mol. The van der Waals surface area contributed by atoms with Crippen LogP contribution in [0.15, 0.2) is 40.1 Å². The first-order chi connectivity index (χ1) is 12.3. The fourth-order valence-corrected chi connectivity index (χ4v) is 3.34. The van der Waals surface area contributed by atoms with Crippen LogP contribution in [0.4, 0.5) is 0 Å². The lowest BCUT2D eigenvalue weighted by molar-refractivity contribution is 0.387. The summed E-state index contributed by atoms with van der Waals surface area (Å²) in [7, 11) is 7.35. The maximum Gasteiger partial charge on any atom is 0.330 e. The van der Waals surface area contributed by atoms with Crippen LogP contribution in [0, 0.1) is 6.92 Å². The third kappa shape index (κ3) is 3.12. The van der Waals surface area contributed by atoms with Gasteiger partial charge in [-0.15, -0.1) is 0 Å². The number of aromatic nitrogens is 3. The predicted octanol–water partition coefficient (Wildman–Crippen LogP) is 1.97. The van der Waals surface area contributed by atoms with Gasteiger partial charge >= 0.3 is 5.69 Å². The summed E-state index contributed by atoms with van der Waals surface area (Å²) in [5.74, 6) is 0. The van der Waals surface area contributed by atoms with Crippen LogP contribution in [0.2, 0.25) is 0 Å². The van der Waals surface area contributed by atoms with Crippen molar-refractivity contribution in [3.63, 3.8) is 0 Å². The van der Waals surface area contributed by atoms with Crippen LogP contribution in [0.3, 0.4) is 0 Å². The summed E-state index contributed by atoms with van der Waals surface area (Å²) in [5, 5.41) is 0.600. The zero-order valence-electron chi connectivity index (χ0n) is 16.1. The van der Waals surface area contributed by atoms with Gasteiger partial charge in [-0.25, -0.2) is 4.79 Å². The summed E-state index contributed by atoms with van der Waals surface area (Å²) < 4.78 is 4.85. The van der Waals surface area contributed by atoms with Crippen molar-refractivity contribution in [2.45, 2.75) is 19.9 Å². The largest absolute Gasteiger partial charge is 0.345 e. The minimum Gasteiger partial charge on any atom is -0.345 e. The normalized spacial score (nSPS) is 11.6. The molecule has 0 atom stereocenters. The molecule has 0 unspecified atom stereocenters. The molecular weight excluding hydrogens is 328 g/mol. The van der Waals surface area contributed by atoms with E-state index in [1.165, 1.54) is 17.2 Å². The van der Waals surface area contributed by atoms with E-state index in [0.29, 0.717) is 10.9 Å². The molecule has 2 heterocycles. The third-order valence-electron chi connectivity index (χ3n) is 4.84. The number of hydrogen-bond acceptors (Lipinski definition) is 3. The maximum atomic E-state index is 12.9. The Hall–Kier alpha value is -2.60. The van der Waals surface area contributed by atoms with Gasteiger partial charge in [0, 0.05) is 26.8 Å². The predicted molar refractivity (Wildman–Crippen MR) is 106 cm³/mol. The van der Waals surface area contributed by atoms with Crippen molar-refractivity contribution in [3.05, 3.63) is 56.9 Å². The van der Waals surface area contributed by atoms with Crippen molar-refractivity contribution in [1.82, 2.24) is 18.6 Å². The maximum absolute atomic E-state index is 12.9. The first kappa shape index (κ1) is 18.2. The molecule has 0 N–H and O–H groups in total. The Morgan fingerprint density at radius 2 is 1.65 bits per heavy atom. The molecule has 138 valence electrons. The standard InChI is InChI=1S/C20H26N4O2/c1-14-7-9-15(10-8-14)18-17-16(13-24(18)12-6-11-21(2)3)22(4)20(26)23(5)19(17)25/h7-10,13H,6,11-12H2,1-5H3. The third-order valence-corrected chi connectivity index (χ3v) is 4.84. The van der Waals surface area contributed by atoms with Crippen molar-refractivity contribution >= 4 is 10.9 Å². The molecule has 6 nitrogen and oxygen atoms in total. The van der Waals surface area contributed by atoms with Crippen LogP contribution in [0.5, 0.6) is 0 Å². The van der Waals surface area contributed by atoms with E-state index >= 15 is 0 Å². The first-order valence-electron chi connectivity index (χ1n) is 8.82. The summed E-state index contributed by atoms with van der Waals surface area (Å²) in [4.78, 5) is 27.3. The van der Waals surface area contributed by atoms with Crippen LogP contribution < -0.4 is 11.2 Å². The topological polar surface area (TPSA) is 52.2 Å². The summed E-state index contributed by atoms with van der Waals surface area (Å²) in [6, 6.07) is 8.17. The van der Waals surface area contributed by atoms with Crippen molar-refractivity contribution in [2.75, 3.05) is 20.6 Å². The van der Waals surface area contributed by atoms with E-state index in [-0.39, 0.29) is 11.2 Å². The molecule has 0 bridgehead atoms. The molecule has 3 rings (SSSR count). The molecule has 2 aromatic heterocycles. The number of fused-ring (bicyclic) bond motifs is 1. The lowest BCUT2D eigenvalue weighted by Gasteiger charge is -2.13. The molecule has 0 saturated heterocycles. The first-order valence-corrected chi connectivity index (χ1v) is 8.82. The van der Waals surface area contributed by atoms with Crippen LogP contribution >= 0.6 is 0 Å². The van der Waals surface area contributed by atoms with Gasteiger partial charge in [0.1, 0.15) is 0 Å². The Morgan fingerprint density at radius 1 is 1.00 bits per heavy atom. The number of hydrogen-bond donors (Lipinski definition) is 0. The molecule has 0 amide bonds. The quantitative estimate of drug-likeness (QED) is 0.704. The van der Waals surface area contributed by atoms with Crippen molar-refractivity contribution < 1.29 is 0 Å². The molecule has 0 saturated carbocycles. The molecule has 0 spiro atoms. The molecule has 26 heavy (non-hydrogen) atoms. The number of nitrogens with zero attached hydrogens (tertiary/aromatic N) is 4. The highest BCUT2D eigenvalue weighted by molar-refractivity contribution is 5.93. The zero-order valence-corrected chi connectivity index (χ0v) is 16.1. The van der Waals surface area contributed by atoms with Gasteiger partial charge in [0.15, 0.2) is 0 Å². The van der Waals surface area contributed by atoms with E-state index in [1.54, 1.807) is 11.6 Å². The van der Waals surface area contributed by atoms with Gasteiger partial charge in [0.25, 0.3) is 5.56 Å². The van der Waals surface area contributed by atoms with E-state index < -0.39 is 0 Å². The Bertz CT molecular complexity index is 1050. The second kappa shape index (κ2) is 6.96. The van der Waals surface area contributed by atoms with E-state index in [2.05, 4.69) is 9.47 Å². The van der Waals surface area contributed by atoms with E-state index in [9.17, 15) is 9.59 Å². The van der Waals surface area contributed by atoms with Gasteiger partial charge in [0.05, 0.1) is 16.6 Å². The van der Waals surface area contributed by atoms with Crippen LogP contribution in [-0.4, -0.2) is 39.2 Å². The van der Waals surface area contributed by atoms with Gasteiger partial charge in [-0.2, -0.15) is 0 Å². The van der Waals surface area contributed by atoms with Gasteiger partial charge < -0.3 is 9.47 Å². The summed E-state index contributed by atoms with van der Waals surface area (Å²) in [6.07, 6.45) is 2.89. The van der Waals surface area contributed by atoms with Crippen LogP contribution in [0.25, 0.3) is 22.2 Å². The summed E-state index contributed by atoms with van der Waals surface area (Å²) >= 11 is 0. The fraction of sp³-hybridized carbons (Fsp3) is 0.400. The number of benzene rings is 1. The smallest absolute Gasteiger partial charge is 0.330 e. The molecular formula is C20H26N4O2. The highest BCUT2D eigenvalue weighted by Crippen LogP contribution is 2.28. The molecule has 0 fully saturated rings. The molecule has 0 aliphatic carbocycles. The lowest BCUT2D eigenvalue weighted by atomic mass is 10.1. The van der Waals surface area contributed by atoms with Gasteiger partial charge in [-0.05, 0) is 39.5 Å². The van der Waals surface area contributed by atoms with Gasteiger partial charge in [-0.1, -0.05) is 29.8 Å². The average molecular weight is 354 g/mol. The van der Waals surface area contributed by atoms with Crippen molar-refractivity contribution in [2.24, 2.45) is 14.1 Å². The Morgan fingerprint density at radius 3 is 2.27 bits per heavy atom. The zero-order chi connectivity index (χ0) is 19.0. The van der Waals surface area contributed by atoms with Gasteiger partial charge in [0.2, 0.25) is 0 Å². The Kier molecular flexibility index (Phi) is 4.87. The van der Waals surface area contributed by atoms with Gasteiger partial charge in [-0.3, -0.25) is 13.9 Å². The second-order valence-electron chi connectivity index (χ2n) is 7.16. The fourth-order valence-electron chi connectivity index (χ4n) is 3.34. The Labute approximate surface area is 152 Å². The Balaban J connectivity index is 2.28. The van der Waals surface area contributed by atoms with E-state index in [0.717, 1.165) is 30.8 Å². The van der Waals surface area contributed by atoms with E-state index in [4.69, 9.17) is 0 Å². The average Bonchev–Trinajstić information content (AvgIpc) is 2.98. The summed E-state index contributed by atoms with van der Waals surface area (Å²) in [6.45, 7) is 3.78. The molecule has 6 heteroatoms. The molecule has 0 aliphatic heterocycles. The highest BCUT2D eigenvalue weighted by atomic mass is 16.2. The highest BCUT2D eigenvalue weighted by Gasteiger charge is 2.19. The molecule has 0 aliphatic rings. The summed E-state index contributed by atoms with van der Waals surface area (Å²) in [5.41, 5.74) is 3.18.